The number of nitrogens with two attached hydrogens (primary N) is 1. The van der Waals surface area contributed by atoms with Gasteiger partial charge in [0, 0.05) is 10.8 Å². The average molecular weight is 215 g/mol. The van der Waals surface area contributed by atoms with E-state index < -0.39 is 0 Å². The van der Waals surface area contributed by atoms with Gasteiger partial charge in [0.15, 0.2) is 0 Å². The zero-order chi connectivity index (χ0) is 11.5. The van der Waals surface area contributed by atoms with Crippen LogP contribution in [0.4, 0.5) is 0 Å². The Hall–Kier alpha value is -2.16. The summed E-state index contributed by atoms with van der Waals surface area (Å²) in [4.78, 5) is 0. The van der Waals surface area contributed by atoms with E-state index in [-0.39, 0.29) is 11.5 Å². The smallest absolute Gasteiger partial charge is 0.127 e. The molecule has 0 saturated heterocycles. The lowest BCUT2D eigenvalue weighted by molar-refractivity contribution is 0.472. The first-order valence-electron chi connectivity index (χ1n) is 5.03. The fraction of sp³-hybridized carbons (Fsp3) is 0.0769. The van der Waals surface area contributed by atoms with Gasteiger partial charge < -0.3 is 15.9 Å². The van der Waals surface area contributed by atoms with E-state index in [0.29, 0.717) is 17.2 Å². The Morgan fingerprint density at radius 1 is 1.06 bits per heavy atom. The third-order valence-corrected chi connectivity index (χ3v) is 2.57. The Morgan fingerprint density at radius 3 is 2.62 bits per heavy atom. The first-order chi connectivity index (χ1) is 7.74. The van der Waals surface area contributed by atoms with Crippen molar-refractivity contribution in [1.29, 1.82) is 0 Å². The molecule has 0 aliphatic carbocycles. The van der Waals surface area contributed by atoms with Crippen LogP contribution >= 0.6 is 0 Å². The van der Waals surface area contributed by atoms with E-state index in [1.165, 1.54) is 6.20 Å². The Morgan fingerprint density at radius 2 is 1.88 bits per heavy atom. The Bertz CT molecular complexity index is 547. The summed E-state index contributed by atoms with van der Waals surface area (Å²) in [5, 5.41) is 20.9. The van der Waals surface area contributed by atoms with Gasteiger partial charge in [-0.2, -0.15) is 0 Å². The van der Waals surface area contributed by atoms with Gasteiger partial charge in [0.05, 0.1) is 0 Å². The summed E-state index contributed by atoms with van der Waals surface area (Å²) >= 11 is 0. The van der Waals surface area contributed by atoms with E-state index in [1.807, 2.05) is 0 Å². The molecule has 4 N–H and O–H groups in total. The van der Waals surface area contributed by atoms with Crippen molar-refractivity contribution in [3.8, 4) is 11.5 Å². The van der Waals surface area contributed by atoms with Gasteiger partial charge in [-0.3, -0.25) is 0 Å². The second-order valence-corrected chi connectivity index (χ2v) is 3.58. The maximum Gasteiger partial charge on any atom is 0.127 e. The number of allylic oxidation sites excluding steroid dienone is 1. The van der Waals surface area contributed by atoms with Crippen LogP contribution in [0.3, 0.4) is 0 Å². The number of phenolic OH excluding ortho intramolecular Hbond substituents is 2. The van der Waals surface area contributed by atoms with Crippen LogP contribution in [0, 0.1) is 0 Å². The van der Waals surface area contributed by atoms with E-state index in [2.05, 4.69) is 0 Å². The van der Waals surface area contributed by atoms with E-state index >= 15 is 0 Å². The molecule has 0 bridgehead atoms. The van der Waals surface area contributed by atoms with Crippen LogP contribution < -0.4 is 5.73 Å². The highest BCUT2D eigenvalue weighted by Crippen LogP contribution is 2.33. The van der Waals surface area contributed by atoms with E-state index in [9.17, 15) is 10.2 Å². The molecule has 16 heavy (non-hydrogen) atoms. The van der Waals surface area contributed by atoms with Crippen molar-refractivity contribution in [3.63, 3.8) is 0 Å². The van der Waals surface area contributed by atoms with Crippen molar-refractivity contribution in [3.05, 3.63) is 48.2 Å². The second kappa shape index (κ2) is 4.14. The molecule has 0 unspecified atom stereocenters. The fourth-order valence-electron chi connectivity index (χ4n) is 1.73. The zero-order valence-corrected chi connectivity index (χ0v) is 8.72. The molecule has 2 rings (SSSR count). The van der Waals surface area contributed by atoms with Gasteiger partial charge in [-0.05, 0) is 24.3 Å². The number of aromatic hydroxyl groups is 2. The maximum absolute atomic E-state index is 10.0. The molecule has 0 saturated carbocycles. The highest BCUT2D eigenvalue weighted by Gasteiger charge is 2.07. The summed E-state index contributed by atoms with van der Waals surface area (Å²) in [6, 6.07) is 8.67. The van der Waals surface area contributed by atoms with E-state index in [1.54, 1.807) is 36.4 Å². The lowest BCUT2D eigenvalue weighted by Gasteiger charge is -2.07. The van der Waals surface area contributed by atoms with Crippen LogP contribution in [0.1, 0.15) is 5.56 Å². The number of fused-ring (bicyclic) bond motifs is 1. The summed E-state index contributed by atoms with van der Waals surface area (Å²) in [7, 11) is 0. The molecule has 0 fully saturated rings. The highest BCUT2D eigenvalue weighted by atomic mass is 16.3. The van der Waals surface area contributed by atoms with Crippen molar-refractivity contribution in [2.45, 2.75) is 6.42 Å². The molecule has 82 valence electrons. The summed E-state index contributed by atoms with van der Waals surface area (Å²) in [5.41, 5.74) is 6.05. The normalized spacial score (nSPS) is 11.2. The van der Waals surface area contributed by atoms with E-state index in [4.69, 9.17) is 5.73 Å². The molecule has 3 nitrogen and oxygen atoms in total. The molecule has 0 radical (unpaired) electrons. The Labute approximate surface area is 93.4 Å². The van der Waals surface area contributed by atoms with Crippen LogP contribution in [0.15, 0.2) is 42.6 Å². The summed E-state index contributed by atoms with van der Waals surface area (Å²) in [5.74, 6) is 0.375. The van der Waals surface area contributed by atoms with Gasteiger partial charge in [0.2, 0.25) is 0 Å². The monoisotopic (exact) mass is 215 g/mol. The third-order valence-electron chi connectivity index (χ3n) is 2.57. The molecule has 0 aliphatic heterocycles. The lowest BCUT2D eigenvalue weighted by atomic mass is 10.0. The number of hydrogen-bond donors (Lipinski definition) is 3. The van der Waals surface area contributed by atoms with Crippen molar-refractivity contribution in [2.75, 3.05) is 0 Å². The second-order valence-electron chi connectivity index (χ2n) is 3.58. The minimum absolute atomic E-state index is 0.175. The number of rotatable bonds is 2. The largest absolute Gasteiger partial charge is 0.507 e. The number of phenols is 2. The lowest BCUT2D eigenvalue weighted by Crippen LogP contribution is -1.86. The maximum atomic E-state index is 10.0. The molecular weight excluding hydrogens is 202 g/mol. The van der Waals surface area contributed by atoms with Gasteiger partial charge in [-0.15, -0.1) is 0 Å². The first kappa shape index (κ1) is 10.4. The highest BCUT2D eigenvalue weighted by molar-refractivity contribution is 5.93. The first-order valence-corrected chi connectivity index (χ1v) is 5.03. The molecular formula is C13H13NO2. The molecule has 0 spiro atoms. The predicted octanol–water partition coefficient (Wildman–Crippen LogP) is 2.27. The standard InChI is InChI=1S/C13H13NO2/c14-8-2-3-9-6-7-10-11(13(9)16)4-1-5-12(10)15/h1-2,4-8,15-16H,3,14H2. The Kier molecular flexibility index (Phi) is 2.68. The van der Waals surface area contributed by atoms with Gasteiger partial charge in [-0.25, -0.2) is 0 Å². The van der Waals surface area contributed by atoms with Crippen molar-refractivity contribution in [2.24, 2.45) is 5.73 Å². The number of benzene rings is 2. The fourth-order valence-corrected chi connectivity index (χ4v) is 1.73. The SMILES string of the molecule is NC=CCc1ccc2c(O)cccc2c1O. The van der Waals surface area contributed by atoms with Crippen LogP contribution in [0.2, 0.25) is 0 Å². The Balaban J connectivity index is 2.61. The van der Waals surface area contributed by atoms with Crippen molar-refractivity contribution >= 4 is 10.8 Å². The van der Waals surface area contributed by atoms with Crippen LogP contribution in [0.5, 0.6) is 11.5 Å². The molecule has 0 aromatic heterocycles. The van der Waals surface area contributed by atoms with E-state index in [0.717, 1.165) is 5.56 Å². The summed E-state index contributed by atoms with van der Waals surface area (Å²) < 4.78 is 0. The third kappa shape index (κ3) is 1.67. The zero-order valence-electron chi connectivity index (χ0n) is 8.72. The van der Waals surface area contributed by atoms with Crippen LogP contribution in [-0.2, 0) is 6.42 Å². The van der Waals surface area contributed by atoms with Gasteiger partial charge >= 0.3 is 0 Å². The quantitative estimate of drug-likeness (QED) is 0.719. The average Bonchev–Trinajstić information content (AvgIpc) is 2.29. The molecule has 0 atom stereocenters. The minimum Gasteiger partial charge on any atom is -0.507 e. The molecule has 3 heteroatoms. The molecule has 0 aliphatic rings. The predicted molar refractivity (Wildman–Crippen MR) is 64.3 cm³/mol. The molecule has 2 aromatic rings. The van der Waals surface area contributed by atoms with Crippen molar-refractivity contribution in [1.82, 2.24) is 0 Å². The molecule has 0 amide bonds. The van der Waals surface area contributed by atoms with Crippen LogP contribution in [0.25, 0.3) is 10.8 Å². The molecule has 2 aromatic carbocycles. The number of hydrogen-bond acceptors (Lipinski definition) is 3. The molecule has 0 heterocycles. The van der Waals surface area contributed by atoms with Gasteiger partial charge in [0.1, 0.15) is 11.5 Å². The summed E-state index contributed by atoms with van der Waals surface area (Å²) in [6.45, 7) is 0. The van der Waals surface area contributed by atoms with Gasteiger partial charge in [0.25, 0.3) is 0 Å². The van der Waals surface area contributed by atoms with Crippen molar-refractivity contribution < 1.29 is 10.2 Å². The van der Waals surface area contributed by atoms with Gasteiger partial charge in [-0.1, -0.05) is 30.3 Å². The summed E-state index contributed by atoms with van der Waals surface area (Å²) in [6.07, 6.45) is 3.80. The topological polar surface area (TPSA) is 66.5 Å². The minimum atomic E-state index is 0.175. The van der Waals surface area contributed by atoms with Crippen LogP contribution in [-0.4, -0.2) is 10.2 Å².